The maximum Gasteiger partial charge on any atom is 0.203 e. The van der Waals surface area contributed by atoms with Crippen LogP contribution in [0.3, 0.4) is 0 Å². The highest BCUT2D eigenvalue weighted by Crippen LogP contribution is 2.21. The molecule has 4 heteroatoms. The van der Waals surface area contributed by atoms with Gasteiger partial charge in [-0.1, -0.05) is 13.3 Å². The molecule has 0 radical (unpaired) electrons. The zero-order valence-corrected chi connectivity index (χ0v) is 13.4. The molecule has 2 heterocycles. The molecule has 0 bridgehead atoms. The second-order valence-corrected chi connectivity index (χ2v) is 6.21. The van der Waals surface area contributed by atoms with E-state index in [1.807, 2.05) is 0 Å². The van der Waals surface area contributed by atoms with Gasteiger partial charge in [-0.25, -0.2) is 4.98 Å². The number of hydrogen-bond donors (Lipinski definition) is 1. The zero-order valence-electron chi connectivity index (χ0n) is 13.4. The molecule has 4 nitrogen and oxygen atoms in total. The van der Waals surface area contributed by atoms with Crippen LogP contribution >= 0.6 is 0 Å². The van der Waals surface area contributed by atoms with E-state index in [0.29, 0.717) is 0 Å². The fraction of sp³-hybridized carbons (Fsp3) is 0.812. The molecule has 1 aliphatic rings. The first-order valence-electron chi connectivity index (χ1n) is 8.15. The average molecular weight is 278 g/mol. The molecule has 0 aromatic carbocycles. The van der Waals surface area contributed by atoms with Gasteiger partial charge in [-0.15, -0.1) is 0 Å². The quantitative estimate of drug-likeness (QED) is 0.778. The third-order valence-electron chi connectivity index (χ3n) is 4.33. The van der Waals surface area contributed by atoms with Gasteiger partial charge in [-0.05, 0) is 58.7 Å². The predicted molar refractivity (Wildman–Crippen MR) is 85.2 cm³/mol. The molecule has 1 aromatic rings. The van der Waals surface area contributed by atoms with E-state index in [1.54, 1.807) is 0 Å². The van der Waals surface area contributed by atoms with Crippen LogP contribution in [0.25, 0.3) is 0 Å². The lowest BCUT2D eigenvalue weighted by Crippen LogP contribution is -2.30. The highest BCUT2D eigenvalue weighted by Gasteiger charge is 2.17. The van der Waals surface area contributed by atoms with Crippen molar-refractivity contribution in [2.75, 3.05) is 32.0 Å². The van der Waals surface area contributed by atoms with Gasteiger partial charge in [0.05, 0.1) is 5.69 Å². The van der Waals surface area contributed by atoms with Crippen molar-refractivity contribution < 1.29 is 0 Å². The molecule has 0 spiro atoms. The predicted octanol–water partition coefficient (Wildman–Crippen LogP) is 3.14. The lowest BCUT2D eigenvalue weighted by Gasteiger charge is -2.29. The van der Waals surface area contributed by atoms with Crippen LogP contribution in [0.15, 0.2) is 6.20 Å². The van der Waals surface area contributed by atoms with Crippen molar-refractivity contribution in [1.29, 1.82) is 0 Å². The van der Waals surface area contributed by atoms with E-state index < -0.39 is 0 Å². The van der Waals surface area contributed by atoms with Crippen molar-refractivity contribution in [3.63, 3.8) is 0 Å². The Kier molecular flexibility index (Phi) is 5.89. The first kappa shape index (κ1) is 15.4. The van der Waals surface area contributed by atoms with E-state index in [1.165, 1.54) is 45.2 Å². The van der Waals surface area contributed by atoms with Crippen LogP contribution in [0.1, 0.15) is 44.7 Å². The molecule has 1 saturated heterocycles. The van der Waals surface area contributed by atoms with Gasteiger partial charge < -0.3 is 14.8 Å². The summed E-state index contributed by atoms with van der Waals surface area (Å²) >= 11 is 0. The van der Waals surface area contributed by atoms with Crippen LogP contribution in [0.4, 0.5) is 5.95 Å². The molecular formula is C16H30N4. The molecule has 1 aliphatic heterocycles. The Labute approximate surface area is 123 Å². The maximum atomic E-state index is 4.60. The summed E-state index contributed by atoms with van der Waals surface area (Å²) < 4.78 is 2.31. The molecule has 0 unspecified atom stereocenters. The van der Waals surface area contributed by atoms with Crippen molar-refractivity contribution in [3.8, 4) is 0 Å². The third-order valence-corrected chi connectivity index (χ3v) is 4.33. The normalized spacial score (nSPS) is 17.6. The largest absolute Gasteiger partial charge is 0.356 e. The Bertz CT molecular complexity index is 391. The highest BCUT2D eigenvalue weighted by atomic mass is 15.2. The minimum Gasteiger partial charge on any atom is -0.356 e. The highest BCUT2D eigenvalue weighted by molar-refractivity contribution is 5.28. The van der Waals surface area contributed by atoms with Gasteiger partial charge in [-0.3, -0.25) is 0 Å². The molecule has 2 rings (SSSR count). The molecule has 114 valence electrons. The summed E-state index contributed by atoms with van der Waals surface area (Å²) in [5.41, 5.74) is 1.12. The van der Waals surface area contributed by atoms with E-state index in [2.05, 4.69) is 46.9 Å². The Morgan fingerprint density at radius 1 is 1.35 bits per heavy atom. The maximum absolute atomic E-state index is 4.60. The number of aromatic nitrogens is 2. The number of unbranched alkanes of at least 4 members (excludes halogenated alkanes) is 1. The summed E-state index contributed by atoms with van der Waals surface area (Å²) in [5, 5.41) is 3.47. The van der Waals surface area contributed by atoms with Crippen LogP contribution in [0.2, 0.25) is 0 Å². The standard InChI is InChI=1S/C16H30N4/c1-4-5-9-17-16-18-14(2)13-20(16)12-8-15-6-10-19(3)11-7-15/h13,15H,4-12H2,1-3H3,(H,17,18). The second kappa shape index (κ2) is 7.67. The van der Waals surface area contributed by atoms with Crippen LogP contribution in [-0.4, -0.2) is 41.1 Å². The topological polar surface area (TPSA) is 33.1 Å². The summed E-state index contributed by atoms with van der Waals surface area (Å²) in [6.45, 7) is 8.95. The monoisotopic (exact) mass is 278 g/mol. The fourth-order valence-corrected chi connectivity index (χ4v) is 2.91. The number of anilines is 1. The van der Waals surface area contributed by atoms with Gasteiger partial charge in [0.25, 0.3) is 0 Å². The number of imidazole rings is 1. The Hall–Kier alpha value is -1.03. The van der Waals surface area contributed by atoms with Gasteiger partial charge in [0.1, 0.15) is 0 Å². The van der Waals surface area contributed by atoms with Crippen LogP contribution in [0, 0.1) is 12.8 Å². The van der Waals surface area contributed by atoms with Crippen LogP contribution < -0.4 is 5.32 Å². The van der Waals surface area contributed by atoms with Gasteiger partial charge >= 0.3 is 0 Å². The van der Waals surface area contributed by atoms with Gasteiger partial charge in [0.15, 0.2) is 0 Å². The molecule has 0 atom stereocenters. The van der Waals surface area contributed by atoms with Crippen molar-refractivity contribution >= 4 is 5.95 Å². The van der Waals surface area contributed by atoms with Crippen molar-refractivity contribution in [2.45, 2.75) is 52.5 Å². The number of nitrogens with zero attached hydrogens (tertiary/aromatic N) is 3. The molecule has 0 amide bonds. The Morgan fingerprint density at radius 3 is 2.80 bits per heavy atom. The lowest BCUT2D eigenvalue weighted by molar-refractivity contribution is 0.208. The van der Waals surface area contributed by atoms with Crippen molar-refractivity contribution in [1.82, 2.24) is 14.5 Å². The molecule has 20 heavy (non-hydrogen) atoms. The van der Waals surface area contributed by atoms with E-state index in [9.17, 15) is 0 Å². The summed E-state index contributed by atoms with van der Waals surface area (Å²) in [7, 11) is 2.23. The molecule has 1 aromatic heterocycles. The smallest absolute Gasteiger partial charge is 0.203 e. The third kappa shape index (κ3) is 4.51. The molecule has 0 saturated carbocycles. The first-order chi connectivity index (χ1) is 9.69. The van der Waals surface area contributed by atoms with E-state index in [-0.39, 0.29) is 0 Å². The average Bonchev–Trinajstić information content (AvgIpc) is 2.79. The Morgan fingerprint density at radius 2 is 2.10 bits per heavy atom. The van der Waals surface area contributed by atoms with Gasteiger partial charge in [0, 0.05) is 19.3 Å². The summed E-state index contributed by atoms with van der Waals surface area (Å²) in [5.74, 6) is 1.95. The second-order valence-electron chi connectivity index (χ2n) is 6.21. The van der Waals surface area contributed by atoms with Crippen molar-refractivity contribution in [3.05, 3.63) is 11.9 Å². The summed E-state index contributed by atoms with van der Waals surface area (Å²) in [6, 6.07) is 0. The van der Waals surface area contributed by atoms with Crippen LogP contribution in [0.5, 0.6) is 0 Å². The molecular weight excluding hydrogens is 248 g/mol. The van der Waals surface area contributed by atoms with E-state index in [4.69, 9.17) is 0 Å². The summed E-state index contributed by atoms with van der Waals surface area (Å²) in [6.07, 6.45) is 8.60. The Balaban J connectivity index is 1.82. The number of nitrogens with one attached hydrogen (secondary N) is 1. The number of hydrogen-bond acceptors (Lipinski definition) is 3. The number of likely N-dealkylation sites (tertiary alicyclic amines) is 1. The van der Waals surface area contributed by atoms with E-state index in [0.717, 1.165) is 30.6 Å². The zero-order chi connectivity index (χ0) is 14.4. The van der Waals surface area contributed by atoms with Gasteiger partial charge in [-0.2, -0.15) is 0 Å². The number of rotatable bonds is 7. The van der Waals surface area contributed by atoms with E-state index >= 15 is 0 Å². The van der Waals surface area contributed by atoms with Gasteiger partial charge in [0.2, 0.25) is 5.95 Å². The minimum absolute atomic E-state index is 0.886. The molecule has 1 fully saturated rings. The van der Waals surface area contributed by atoms with Crippen molar-refractivity contribution in [2.24, 2.45) is 5.92 Å². The minimum atomic E-state index is 0.886. The van der Waals surface area contributed by atoms with Crippen LogP contribution in [-0.2, 0) is 6.54 Å². The first-order valence-corrected chi connectivity index (χ1v) is 8.15. The molecule has 1 N–H and O–H groups in total. The lowest BCUT2D eigenvalue weighted by atomic mass is 9.94. The number of piperidine rings is 1. The molecule has 0 aliphatic carbocycles. The fourth-order valence-electron chi connectivity index (χ4n) is 2.91. The number of aryl methyl sites for hydroxylation is 2. The SMILES string of the molecule is CCCCNc1nc(C)cn1CCC1CCN(C)CC1. The summed E-state index contributed by atoms with van der Waals surface area (Å²) in [4.78, 5) is 7.04.